The zero-order valence-corrected chi connectivity index (χ0v) is 12.0. The third kappa shape index (κ3) is 2.75. The third-order valence-electron chi connectivity index (χ3n) is 3.31. The molecule has 0 heterocycles. The van der Waals surface area contributed by atoms with Crippen LogP contribution in [0.2, 0.25) is 0 Å². The highest BCUT2D eigenvalue weighted by Crippen LogP contribution is 2.28. The van der Waals surface area contributed by atoms with Crippen LogP contribution < -0.4 is 4.74 Å². The van der Waals surface area contributed by atoms with Crippen LogP contribution in [0, 0.1) is 20.8 Å². The number of ether oxygens (including phenoxy) is 2. The molecule has 0 N–H and O–H groups in total. The van der Waals surface area contributed by atoms with Crippen molar-refractivity contribution in [2.75, 3.05) is 21.3 Å². The molecule has 0 fully saturated rings. The van der Waals surface area contributed by atoms with E-state index >= 15 is 0 Å². The molecule has 0 spiro atoms. The summed E-state index contributed by atoms with van der Waals surface area (Å²) in [7, 11) is 4.78. The van der Waals surface area contributed by atoms with Crippen molar-refractivity contribution < 1.29 is 14.3 Å². The number of hydrogen-bond donors (Lipinski definition) is 0. The molecule has 0 aromatic heterocycles. The fourth-order valence-corrected chi connectivity index (χ4v) is 2.01. The van der Waals surface area contributed by atoms with E-state index in [4.69, 9.17) is 9.47 Å². The second-order valence-corrected chi connectivity index (χ2v) is 4.45. The highest BCUT2D eigenvalue weighted by atomic mass is 16.5. The normalized spacial score (nSPS) is 10.1. The Morgan fingerprint density at radius 2 is 1.83 bits per heavy atom. The van der Waals surface area contributed by atoms with Gasteiger partial charge in [-0.05, 0) is 49.1 Å². The van der Waals surface area contributed by atoms with Crippen molar-refractivity contribution in [3.05, 3.63) is 28.3 Å². The van der Waals surface area contributed by atoms with E-state index in [1.165, 1.54) is 7.11 Å². The average molecular weight is 251 g/mol. The molecule has 0 aliphatic heterocycles. The Morgan fingerprint density at radius 3 is 2.33 bits per heavy atom. The first-order valence-electron chi connectivity index (χ1n) is 5.85. The van der Waals surface area contributed by atoms with Gasteiger partial charge in [0, 0.05) is 13.6 Å². The molecule has 4 heteroatoms. The summed E-state index contributed by atoms with van der Waals surface area (Å²) >= 11 is 0. The zero-order valence-electron chi connectivity index (χ0n) is 12.0. The van der Waals surface area contributed by atoms with E-state index in [2.05, 4.69) is 0 Å². The molecule has 0 saturated heterocycles. The van der Waals surface area contributed by atoms with Crippen LogP contribution in [0.1, 0.15) is 22.3 Å². The number of benzene rings is 1. The van der Waals surface area contributed by atoms with E-state index < -0.39 is 0 Å². The van der Waals surface area contributed by atoms with Gasteiger partial charge in [0.2, 0.25) is 0 Å². The van der Waals surface area contributed by atoms with Crippen molar-refractivity contribution in [2.24, 2.45) is 0 Å². The molecule has 100 valence electrons. The minimum absolute atomic E-state index is 0.331. The third-order valence-corrected chi connectivity index (χ3v) is 3.31. The molecule has 0 bridgehead atoms. The first-order chi connectivity index (χ1) is 8.42. The molecule has 1 aromatic rings. The number of nitrogens with zero attached hydrogens (tertiary/aromatic N) is 1. The van der Waals surface area contributed by atoms with Crippen molar-refractivity contribution in [1.82, 2.24) is 4.90 Å². The number of methoxy groups -OCH3 is 2. The molecule has 1 aromatic carbocycles. The maximum Gasteiger partial charge on any atom is 0.409 e. The summed E-state index contributed by atoms with van der Waals surface area (Å²) < 4.78 is 10.0. The molecular weight excluding hydrogens is 230 g/mol. The van der Waals surface area contributed by atoms with Crippen LogP contribution in [0.25, 0.3) is 0 Å². The summed E-state index contributed by atoms with van der Waals surface area (Å²) in [4.78, 5) is 13.0. The summed E-state index contributed by atoms with van der Waals surface area (Å²) in [5.74, 6) is 0.884. The fourth-order valence-electron chi connectivity index (χ4n) is 2.01. The molecule has 0 radical (unpaired) electrons. The van der Waals surface area contributed by atoms with Gasteiger partial charge in [0.25, 0.3) is 0 Å². The second-order valence-electron chi connectivity index (χ2n) is 4.45. The van der Waals surface area contributed by atoms with Crippen LogP contribution >= 0.6 is 0 Å². The lowest BCUT2D eigenvalue weighted by molar-refractivity contribution is 0.131. The first-order valence-corrected chi connectivity index (χ1v) is 5.85. The van der Waals surface area contributed by atoms with Crippen LogP contribution in [0.5, 0.6) is 5.75 Å². The lowest BCUT2D eigenvalue weighted by Crippen LogP contribution is -2.26. The van der Waals surface area contributed by atoms with Gasteiger partial charge >= 0.3 is 6.09 Å². The Balaban J connectivity index is 3.10. The molecule has 1 rings (SSSR count). The number of carbonyl (C=O) groups is 1. The lowest BCUT2D eigenvalue weighted by Gasteiger charge is -2.21. The van der Waals surface area contributed by atoms with Crippen molar-refractivity contribution in [3.63, 3.8) is 0 Å². The Kier molecular flexibility index (Phi) is 4.59. The second kappa shape index (κ2) is 5.76. The van der Waals surface area contributed by atoms with Crippen molar-refractivity contribution in [3.8, 4) is 5.75 Å². The summed E-state index contributed by atoms with van der Waals surface area (Å²) in [6, 6.07) is 2.00. The van der Waals surface area contributed by atoms with Gasteiger partial charge < -0.3 is 14.4 Å². The van der Waals surface area contributed by atoms with Crippen molar-refractivity contribution >= 4 is 6.09 Å². The smallest absolute Gasteiger partial charge is 0.409 e. The Bertz CT molecular complexity index is 455. The monoisotopic (exact) mass is 251 g/mol. The van der Waals surface area contributed by atoms with E-state index in [0.29, 0.717) is 6.54 Å². The fraction of sp³-hybridized carbons (Fsp3) is 0.500. The molecule has 18 heavy (non-hydrogen) atoms. The van der Waals surface area contributed by atoms with E-state index in [9.17, 15) is 4.79 Å². The zero-order chi connectivity index (χ0) is 13.9. The summed E-state index contributed by atoms with van der Waals surface area (Å²) in [5, 5.41) is 0. The van der Waals surface area contributed by atoms with Gasteiger partial charge in [-0.2, -0.15) is 0 Å². The molecule has 0 saturated carbocycles. The summed E-state index contributed by atoms with van der Waals surface area (Å²) in [6.07, 6.45) is -0.331. The molecular formula is C14H21NO3. The van der Waals surface area contributed by atoms with E-state index in [1.54, 1.807) is 19.1 Å². The standard InChI is InChI=1S/C14H21NO3/c1-9-7-13(17-5)11(3)10(2)12(9)8-15(4)14(16)18-6/h7H,8H2,1-6H3. The van der Waals surface area contributed by atoms with E-state index in [1.807, 2.05) is 26.8 Å². The number of rotatable bonds is 3. The molecule has 0 aliphatic carbocycles. The Hall–Kier alpha value is -1.71. The largest absolute Gasteiger partial charge is 0.496 e. The Morgan fingerprint density at radius 1 is 1.22 bits per heavy atom. The minimum atomic E-state index is -0.331. The van der Waals surface area contributed by atoms with Crippen LogP contribution in [0.4, 0.5) is 4.79 Å². The predicted molar refractivity (Wildman–Crippen MR) is 71.1 cm³/mol. The first kappa shape index (κ1) is 14.4. The van der Waals surface area contributed by atoms with Gasteiger partial charge in [-0.1, -0.05) is 0 Å². The number of hydrogen-bond acceptors (Lipinski definition) is 3. The average Bonchev–Trinajstić information content (AvgIpc) is 2.37. The highest BCUT2D eigenvalue weighted by Gasteiger charge is 2.15. The highest BCUT2D eigenvalue weighted by molar-refractivity contribution is 5.67. The number of aryl methyl sites for hydroxylation is 1. The van der Waals surface area contributed by atoms with E-state index in [0.717, 1.165) is 28.0 Å². The molecule has 0 aliphatic rings. The topological polar surface area (TPSA) is 38.8 Å². The predicted octanol–water partition coefficient (Wildman–Crippen LogP) is 2.82. The Labute approximate surface area is 108 Å². The van der Waals surface area contributed by atoms with Crippen LogP contribution in [0.15, 0.2) is 6.07 Å². The summed E-state index contributed by atoms with van der Waals surface area (Å²) in [5.41, 5.74) is 4.52. The SMILES string of the molecule is COC(=O)N(C)Cc1c(C)cc(OC)c(C)c1C. The van der Waals surface area contributed by atoms with Gasteiger partial charge in [-0.3, -0.25) is 0 Å². The van der Waals surface area contributed by atoms with Crippen LogP contribution in [-0.2, 0) is 11.3 Å². The molecule has 0 unspecified atom stereocenters. The molecule has 0 atom stereocenters. The molecule has 4 nitrogen and oxygen atoms in total. The maximum absolute atomic E-state index is 11.4. The van der Waals surface area contributed by atoms with Gasteiger partial charge in [-0.25, -0.2) is 4.79 Å². The summed E-state index contributed by atoms with van der Waals surface area (Å²) in [6.45, 7) is 6.63. The lowest BCUT2D eigenvalue weighted by atomic mass is 9.97. The van der Waals surface area contributed by atoms with Crippen molar-refractivity contribution in [1.29, 1.82) is 0 Å². The minimum Gasteiger partial charge on any atom is -0.496 e. The quantitative estimate of drug-likeness (QED) is 0.829. The number of amides is 1. The van der Waals surface area contributed by atoms with E-state index in [-0.39, 0.29) is 6.09 Å². The van der Waals surface area contributed by atoms with Gasteiger partial charge in [0.15, 0.2) is 0 Å². The van der Waals surface area contributed by atoms with Gasteiger partial charge in [-0.15, -0.1) is 0 Å². The maximum atomic E-state index is 11.4. The van der Waals surface area contributed by atoms with Gasteiger partial charge in [0.1, 0.15) is 5.75 Å². The van der Waals surface area contributed by atoms with Gasteiger partial charge in [0.05, 0.1) is 14.2 Å². The number of carbonyl (C=O) groups excluding carboxylic acids is 1. The van der Waals surface area contributed by atoms with Crippen LogP contribution in [-0.4, -0.2) is 32.3 Å². The van der Waals surface area contributed by atoms with Crippen LogP contribution in [0.3, 0.4) is 0 Å². The van der Waals surface area contributed by atoms with Crippen molar-refractivity contribution in [2.45, 2.75) is 27.3 Å². The molecule has 1 amide bonds.